The highest BCUT2D eigenvalue weighted by atomic mass is 16.5. The zero-order valence-corrected chi connectivity index (χ0v) is 11.4. The van der Waals surface area contributed by atoms with E-state index in [1.165, 1.54) is 0 Å². The van der Waals surface area contributed by atoms with Crippen molar-refractivity contribution in [1.82, 2.24) is 4.98 Å². The van der Waals surface area contributed by atoms with Gasteiger partial charge in [0.2, 0.25) is 5.89 Å². The van der Waals surface area contributed by atoms with Gasteiger partial charge in [-0.25, -0.2) is 0 Å². The Labute approximate surface area is 112 Å². The van der Waals surface area contributed by atoms with Gasteiger partial charge in [-0.1, -0.05) is 0 Å². The molecular weight excluding hydrogens is 244 g/mol. The molecule has 0 unspecified atom stereocenters. The molecule has 0 spiro atoms. The van der Waals surface area contributed by atoms with Gasteiger partial charge in [-0.2, -0.15) is 4.98 Å². The summed E-state index contributed by atoms with van der Waals surface area (Å²) >= 11 is 0. The minimum Gasteiger partial charge on any atom is -0.490 e. The van der Waals surface area contributed by atoms with Crippen molar-refractivity contribution in [2.24, 2.45) is 0 Å². The fourth-order valence-electron chi connectivity index (χ4n) is 1.71. The summed E-state index contributed by atoms with van der Waals surface area (Å²) in [5.74, 6) is 2.68. The SMILES string of the molecule is CCOc1ccc(-c2nc(NC)co2)cc1OCC. The summed E-state index contributed by atoms with van der Waals surface area (Å²) in [5.41, 5.74) is 0.855. The van der Waals surface area contributed by atoms with E-state index in [4.69, 9.17) is 13.9 Å². The molecule has 0 aliphatic heterocycles. The lowest BCUT2D eigenvalue weighted by Crippen LogP contribution is -1.98. The van der Waals surface area contributed by atoms with Crippen LogP contribution in [-0.2, 0) is 0 Å². The molecule has 5 nitrogen and oxygen atoms in total. The van der Waals surface area contributed by atoms with Crippen LogP contribution in [0, 0.1) is 0 Å². The quantitative estimate of drug-likeness (QED) is 0.866. The first kappa shape index (κ1) is 13.3. The topological polar surface area (TPSA) is 56.5 Å². The van der Waals surface area contributed by atoms with E-state index >= 15 is 0 Å². The van der Waals surface area contributed by atoms with Crippen LogP contribution in [0.3, 0.4) is 0 Å². The molecule has 0 radical (unpaired) electrons. The van der Waals surface area contributed by atoms with Crippen LogP contribution in [0.1, 0.15) is 13.8 Å². The normalized spacial score (nSPS) is 10.3. The molecule has 2 rings (SSSR count). The smallest absolute Gasteiger partial charge is 0.228 e. The lowest BCUT2D eigenvalue weighted by molar-refractivity contribution is 0.288. The summed E-state index contributed by atoms with van der Waals surface area (Å²) in [6.45, 7) is 5.06. The van der Waals surface area contributed by atoms with Crippen molar-refractivity contribution in [2.75, 3.05) is 25.6 Å². The van der Waals surface area contributed by atoms with Crippen molar-refractivity contribution in [3.05, 3.63) is 24.5 Å². The predicted molar refractivity (Wildman–Crippen MR) is 73.8 cm³/mol. The van der Waals surface area contributed by atoms with Crippen molar-refractivity contribution >= 4 is 5.82 Å². The van der Waals surface area contributed by atoms with Gasteiger partial charge in [0.15, 0.2) is 17.3 Å². The molecule has 2 aromatic rings. The zero-order chi connectivity index (χ0) is 13.7. The molecular formula is C14H18N2O3. The Bertz CT molecular complexity index is 537. The summed E-state index contributed by atoms with van der Waals surface area (Å²) in [5, 5.41) is 2.93. The number of nitrogens with zero attached hydrogens (tertiary/aromatic N) is 1. The van der Waals surface area contributed by atoms with E-state index in [9.17, 15) is 0 Å². The second-order valence-corrected chi connectivity index (χ2v) is 3.82. The number of benzene rings is 1. The first-order valence-electron chi connectivity index (χ1n) is 6.31. The highest BCUT2D eigenvalue weighted by Crippen LogP contribution is 2.32. The van der Waals surface area contributed by atoms with Crippen LogP contribution in [0.15, 0.2) is 28.9 Å². The minimum absolute atomic E-state index is 0.549. The Kier molecular flexibility index (Phi) is 4.28. The van der Waals surface area contributed by atoms with E-state index in [2.05, 4.69) is 10.3 Å². The molecule has 0 saturated heterocycles. The average molecular weight is 262 g/mol. The van der Waals surface area contributed by atoms with E-state index in [1.54, 1.807) is 13.3 Å². The number of anilines is 1. The van der Waals surface area contributed by atoms with Gasteiger partial charge in [-0.05, 0) is 32.0 Å². The number of oxazole rings is 1. The van der Waals surface area contributed by atoms with E-state index in [1.807, 2.05) is 32.0 Å². The molecule has 0 atom stereocenters. The molecule has 0 aliphatic rings. The van der Waals surface area contributed by atoms with Crippen LogP contribution >= 0.6 is 0 Å². The number of hydrogen-bond acceptors (Lipinski definition) is 5. The van der Waals surface area contributed by atoms with Gasteiger partial charge in [0.25, 0.3) is 0 Å². The van der Waals surface area contributed by atoms with Crippen LogP contribution < -0.4 is 14.8 Å². The van der Waals surface area contributed by atoms with Gasteiger partial charge in [0.05, 0.1) is 13.2 Å². The molecule has 19 heavy (non-hydrogen) atoms. The predicted octanol–water partition coefficient (Wildman–Crippen LogP) is 3.18. The molecule has 1 aromatic carbocycles. The van der Waals surface area contributed by atoms with Gasteiger partial charge in [0.1, 0.15) is 6.26 Å². The molecule has 0 aliphatic carbocycles. The van der Waals surface area contributed by atoms with E-state index < -0.39 is 0 Å². The number of rotatable bonds is 6. The van der Waals surface area contributed by atoms with E-state index in [-0.39, 0.29) is 0 Å². The van der Waals surface area contributed by atoms with Crippen molar-refractivity contribution in [2.45, 2.75) is 13.8 Å². The first-order valence-corrected chi connectivity index (χ1v) is 6.31. The minimum atomic E-state index is 0.549. The Hall–Kier alpha value is -2.17. The fourth-order valence-corrected chi connectivity index (χ4v) is 1.71. The van der Waals surface area contributed by atoms with Crippen LogP contribution in [0.5, 0.6) is 11.5 Å². The van der Waals surface area contributed by atoms with Crippen molar-refractivity contribution in [3.63, 3.8) is 0 Å². The molecule has 1 N–H and O–H groups in total. The van der Waals surface area contributed by atoms with Crippen molar-refractivity contribution in [1.29, 1.82) is 0 Å². The van der Waals surface area contributed by atoms with Gasteiger partial charge in [-0.15, -0.1) is 0 Å². The highest BCUT2D eigenvalue weighted by molar-refractivity contribution is 5.61. The van der Waals surface area contributed by atoms with Crippen LogP contribution in [0.4, 0.5) is 5.82 Å². The maximum atomic E-state index is 5.57. The van der Waals surface area contributed by atoms with Crippen molar-refractivity contribution in [3.8, 4) is 23.0 Å². The van der Waals surface area contributed by atoms with E-state index in [0.717, 1.165) is 11.3 Å². The summed E-state index contributed by atoms with van der Waals surface area (Å²) in [7, 11) is 1.80. The van der Waals surface area contributed by atoms with Crippen LogP contribution in [0.25, 0.3) is 11.5 Å². The lowest BCUT2D eigenvalue weighted by atomic mass is 10.2. The molecule has 0 bridgehead atoms. The van der Waals surface area contributed by atoms with Crippen LogP contribution in [-0.4, -0.2) is 25.2 Å². The third-order valence-electron chi connectivity index (χ3n) is 2.55. The van der Waals surface area contributed by atoms with E-state index in [0.29, 0.717) is 30.7 Å². The number of ether oxygens (including phenoxy) is 2. The molecule has 1 heterocycles. The second kappa shape index (κ2) is 6.13. The molecule has 5 heteroatoms. The summed E-state index contributed by atoms with van der Waals surface area (Å²) in [6, 6.07) is 5.64. The third-order valence-corrected chi connectivity index (χ3v) is 2.55. The highest BCUT2D eigenvalue weighted by Gasteiger charge is 2.11. The van der Waals surface area contributed by atoms with Crippen LogP contribution in [0.2, 0.25) is 0 Å². The molecule has 0 amide bonds. The maximum Gasteiger partial charge on any atom is 0.228 e. The van der Waals surface area contributed by atoms with Crippen molar-refractivity contribution < 1.29 is 13.9 Å². The molecule has 0 fully saturated rings. The Balaban J connectivity index is 2.33. The Morgan fingerprint density at radius 2 is 1.89 bits per heavy atom. The van der Waals surface area contributed by atoms with Gasteiger partial charge in [0, 0.05) is 12.6 Å². The Morgan fingerprint density at radius 1 is 1.16 bits per heavy atom. The summed E-state index contributed by atoms with van der Waals surface area (Å²) in [6.07, 6.45) is 1.58. The fraction of sp³-hybridized carbons (Fsp3) is 0.357. The number of aromatic nitrogens is 1. The van der Waals surface area contributed by atoms with Gasteiger partial charge < -0.3 is 19.2 Å². The standard InChI is InChI=1S/C14H18N2O3/c1-4-17-11-7-6-10(8-12(11)18-5-2)14-16-13(15-3)9-19-14/h6-9,15H,4-5H2,1-3H3. The molecule has 102 valence electrons. The maximum absolute atomic E-state index is 5.57. The van der Waals surface area contributed by atoms with Gasteiger partial charge in [-0.3, -0.25) is 0 Å². The number of nitrogens with one attached hydrogen (secondary N) is 1. The summed E-state index contributed by atoms with van der Waals surface area (Å²) in [4.78, 5) is 4.30. The Morgan fingerprint density at radius 3 is 2.53 bits per heavy atom. The third kappa shape index (κ3) is 2.99. The second-order valence-electron chi connectivity index (χ2n) is 3.82. The molecule has 1 aromatic heterocycles. The largest absolute Gasteiger partial charge is 0.490 e. The van der Waals surface area contributed by atoms with Gasteiger partial charge >= 0.3 is 0 Å². The molecule has 0 saturated carbocycles. The number of hydrogen-bond donors (Lipinski definition) is 1. The first-order chi connectivity index (χ1) is 9.28. The zero-order valence-electron chi connectivity index (χ0n) is 11.4. The monoisotopic (exact) mass is 262 g/mol. The lowest BCUT2D eigenvalue weighted by Gasteiger charge is -2.11. The summed E-state index contributed by atoms with van der Waals surface area (Å²) < 4.78 is 16.5. The average Bonchev–Trinajstić information content (AvgIpc) is 2.90.